The molecule has 0 aliphatic carbocycles. The molecule has 170 valence electrons. The molecule has 5 heteroatoms. The lowest BCUT2D eigenvalue weighted by Crippen LogP contribution is -2.03. The predicted molar refractivity (Wildman–Crippen MR) is 127 cm³/mol. The fraction of sp³-hybridized carbons (Fsp3) is 0.500. The standard InChI is InChI=1S/C26H35ClO4/c1-3-4-5-6-7-8-9-10-11-12-17-31-25-19-24(28)22(18-23(25)27)26(29)20-13-15-21(30-2)16-14-20/h13-16,18-19,28H,3-12,17H2,1-2H3. The maximum atomic E-state index is 12.7. The van der Waals surface area contributed by atoms with Gasteiger partial charge in [-0.25, -0.2) is 0 Å². The van der Waals surface area contributed by atoms with Crippen molar-refractivity contribution in [1.82, 2.24) is 0 Å². The Morgan fingerprint density at radius 1 is 0.903 bits per heavy atom. The van der Waals surface area contributed by atoms with Crippen molar-refractivity contribution in [2.75, 3.05) is 13.7 Å². The molecular formula is C26H35ClO4. The Kier molecular flexibility index (Phi) is 11.3. The second-order valence-corrected chi connectivity index (χ2v) is 8.30. The van der Waals surface area contributed by atoms with Crippen LogP contribution in [-0.4, -0.2) is 24.6 Å². The third-order valence-corrected chi connectivity index (χ3v) is 5.70. The van der Waals surface area contributed by atoms with E-state index in [-0.39, 0.29) is 17.1 Å². The van der Waals surface area contributed by atoms with Crippen molar-refractivity contribution in [2.45, 2.75) is 71.1 Å². The smallest absolute Gasteiger partial charge is 0.196 e. The van der Waals surface area contributed by atoms with Crippen molar-refractivity contribution in [3.05, 3.63) is 52.5 Å². The highest BCUT2D eigenvalue weighted by Crippen LogP contribution is 2.33. The maximum absolute atomic E-state index is 12.7. The lowest BCUT2D eigenvalue weighted by molar-refractivity contribution is 0.103. The minimum Gasteiger partial charge on any atom is -0.507 e. The Balaban J connectivity index is 1.76. The van der Waals surface area contributed by atoms with E-state index >= 15 is 0 Å². The van der Waals surface area contributed by atoms with Gasteiger partial charge in [0.25, 0.3) is 0 Å². The van der Waals surface area contributed by atoms with Gasteiger partial charge in [0.15, 0.2) is 5.78 Å². The van der Waals surface area contributed by atoms with Crippen LogP contribution < -0.4 is 9.47 Å². The van der Waals surface area contributed by atoms with E-state index in [2.05, 4.69) is 6.92 Å². The minimum atomic E-state index is -0.303. The summed E-state index contributed by atoms with van der Waals surface area (Å²) in [5.74, 6) is 0.627. The highest BCUT2D eigenvalue weighted by atomic mass is 35.5. The van der Waals surface area contributed by atoms with Gasteiger partial charge < -0.3 is 14.6 Å². The first kappa shape index (κ1) is 25.1. The van der Waals surface area contributed by atoms with Crippen molar-refractivity contribution >= 4 is 17.4 Å². The molecule has 0 heterocycles. The first-order chi connectivity index (χ1) is 15.1. The number of halogens is 1. The van der Waals surface area contributed by atoms with Gasteiger partial charge in [0.1, 0.15) is 17.2 Å². The topological polar surface area (TPSA) is 55.8 Å². The number of carbonyl (C=O) groups excluding carboxylic acids is 1. The molecule has 2 rings (SSSR count). The van der Waals surface area contributed by atoms with Crippen molar-refractivity contribution in [2.24, 2.45) is 0 Å². The Hall–Kier alpha value is -2.20. The van der Waals surface area contributed by atoms with E-state index in [1.54, 1.807) is 31.4 Å². The van der Waals surface area contributed by atoms with E-state index in [4.69, 9.17) is 21.1 Å². The summed E-state index contributed by atoms with van der Waals surface area (Å²) in [6.07, 6.45) is 12.6. The highest BCUT2D eigenvalue weighted by Gasteiger charge is 2.17. The number of methoxy groups -OCH3 is 1. The van der Waals surface area contributed by atoms with Crippen LogP contribution in [0.2, 0.25) is 5.02 Å². The van der Waals surface area contributed by atoms with Crippen molar-refractivity contribution in [3.8, 4) is 17.2 Å². The summed E-state index contributed by atoms with van der Waals surface area (Å²) in [4.78, 5) is 12.7. The second-order valence-electron chi connectivity index (χ2n) is 7.89. The quantitative estimate of drug-likeness (QED) is 0.226. The van der Waals surface area contributed by atoms with Gasteiger partial charge in [0.2, 0.25) is 0 Å². The molecule has 0 unspecified atom stereocenters. The fourth-order valence-corrected chi connectivity index (χ4v) is 3.72. The molecule has 0 fully saturated rings. The summed E-state index contributed by atoms with van der Waals surface area (Å²) in [6.45, 7) is 2.79. The molecule has 0 aliphatic rings. The number of unbranched alkanes of at least 4 members (excludes halogenated alkanes) is 9. The van der Waals surface area contributed by atoms with Gasteiger partial charge in [-0.15, -0.1) is 0 Å². The van der Waals surface area contributed by atoms with E-state index < -0.39 is 0 Å². The van der Waals surface area contributed by atoms with Crippen LogP contribution in [0.1, 0.15) is 87.1 Å². The predicted octanol–water partition coefficient (Wildman–Crippen LogP) is 7.58. The molecule has 0 bridgehead atoms. The van der Waals surface area contributed by atoms with Gasteiger partial charge in [-0.05, 0) is 36.8 Å². The lowest BCUT2D eigenvalue weighted by atomic mass is 10.0. The largest absolute Gasteiger partial charge is 0.507 e. The molecule has 0 saturated carbocycles. The first-order valence-corrected chi connectivity index (χ1v) is 11.8. The minimum absolute atomic E-state index is 0.136. The van der Waals surface area contributed by atoms with Crippen LogP contribution >= 0.6 is 11.6 Å². The van der Waals surface area contributed by atoms with E-state index in [1.165, 1.54) is 63.5 Å². The Morgan fingerprint density at radius 2 is 1.48 bits per heavy atom. The summed E-state index contributed by atoms with van der Waals surface area (Å²) < 4.78 is 10.8. The molecule has 1 N–H and O–H groups in total. The number of rotatable bonds is 15. The van der Waals surface area contributed by atoms with Gasteiger partial charge in [-0.2, -0.15) is 0 Å². The zero-order valence-corrected chi connectivity index (χ0v) is 19.5. The summed E-state index contributed by atoms with van der Waals surface area (Å²) in [5.41, 5.74) is 0.604. The van der Waals surface area contributed by atoms with Crippen LogP contribution in [0, 0.1) is 0 Å². The summed E-state index contributed by atoms with van der Waals surface area (Å²) >= 11 is 6.31. The molecule has 0 spiro atoms. The number of aromatic hydroxyl groups is 1. The summed E-state index contributed by atoms with van der Waals surface area (Å²) in [5, 5.41) is 10.7. The monoisotopic (exact) mass is 446 g/mol. The summed E-state index contributed by atoms with van der Waals surface area (Å²) in [7, 11) is 1.57. The number of hydrogen-bond donors (Lipinski definition) is 1. The number of ether oxygens (including phenoxy) is 2. The van der Waals surface area contributed by atoms with Gasteiger partial charge >= 0.3 is 0 Å². The van der Waals surface area contributed by atoms with Gasteiger partial charge in [-0.3, -0.25) is 4.79 Å². The molecule has 31 heavy (non-hydrogen) atoms. The van der Waals surface area contributed by atoms with Gasteiger partial charge in [-0.1, -0.05) is 76.3 Å². The SMILES string of the molecule is CCCCCCCCCCCCOc1cc(O)c(C(=O)c2ccc(OC)cc2)cc1Cl. The Bertz CT molecular complexity index is 802. The van der Waals surface area contributed by atoms with Crippen molar-refractivity contribution in [3.63, 3.8) is 0 Å². The van der Waals surface area contributed by atoms with Crippen LogP contribution in [0.4, 0.5) is 0 Å². The third kappa shape index (κ3) is 8.45. The molecular weight excluding hydrogens is 412 g/mol. The average molecular weight is 447 g/mol. The van der Waals surface area contributed by atoms with Gasteiger partial charge in [0.05, 0.1) is 24.3 Å². The number of ketones is 1. The maximum Gasteiger partial charge on any atom is 0.196 e. The molecule has 0 radical (unpaired) electrons. The second kappa shape index (κ2) is 14.0. The van der Waals surface area contributed by atoms with E-state index in [9.17, 15) is 9.90 Å². The van der Waals surface area contributed by atoms with Gasteiger partial charge in [0, 0.05) is 11.6 Å². The number of carbonyl (C=O) groups is 1. The molecule has 0 atom stereocenters. The Labute approximate surface area is 191 Å². The number of hydrogen-bond acceptors (Lipinski definition) is 4. The van der Waals surface area contributed by atoms with Crippen LogP contribution in [0.25, 0.3) is 0 Å². The van der Waals surface area contributed by atoms with Crippen molar-refractivity contribution < 1.29 is 19.4 Å². The van der Waals surface area contributed by atoms with E-state index in [0.717, 1.165) is 12.8 Å². The number of benzene rings is 2. The molecule has 0 saturated heterocycles. The molecule has 0 aromatic heterocycles. The zero-order valence-electron chi connectivity index (χ0n) is 18.8. The van der Waals surface area contributed by atoms with E-state index in [1.807, 2.05) is 0 Å². The van der Waals surface area contributed by atoms with Crippen LogP contribution in [-0.2, 0) is 0 Å². The van der Waals surface area contributed by atoms with Crippen LogP contribution in [0.3, 0.4) is 0 Å². The Morgan fingerprint density at radius 3 is 2.06 bits per heavy atom. The molecule has 0 aliphatic heterocycles. The first-order valence-electron chi connectivity index (χ1n) is 11.4. The molecule has 0 amide bonds. The lowest BCUT2D eigenvalue weighted by Gasteiger charge is -2.11. The van der Waals surface area contributed by atoms with Crippen LogP contribution in [0.15, 0.2) is 36.4 Å². The van der Waals surface area contributed by atoms with E-state index in [0.29, 0.717) is 28.7 Å². The summed E-state index contributed by atoms with van der Waals surface area (Å²) in [6, 6.07) is 9.62. The molecule has 4 nitrogen and oxygen atoms in total. The number of phenolic OH excluding ortho intramolecular Hbond substituents is 1. The zero-order chi connectivity index (χ0) is 22.5. The molecule has 2 aromatic carbocycles. The van der Waals surface area contributed by atoms with Crippen LogP contribution in [0.5, 0.6) is 17.2 Å². The highest BCUT2D eigenvalue weighted by molar-refractivity contribution is 6.32. The molecule has 2 aromatic rings. The fourth-order valence-electron chi connectivity index (χ4n) is 3.50. The third-order valence-electron chi connectivity index (χ3n) is 5.40. The average Bonchev–Trinajstić information content (AvgIpc) is 2.79. The number of phenols is 1. The normalized spacial score (nSPS) is 10.8. The van der Waals surface area contributed by atoms with Crippen molar-refractivity contribution in [1.29, 1.82) is 0 Å².